The fraction of sp³-hybridized carbons (Fsp3) is 0.455. The molecule has 1 aliphatic heterocycles. The lowest BCUT2D eigenvalue weighted by Gasteiger charge is -2.23. The Kier molecular flexibility index (Phi) is 4.56. The standard InChI is InChI=1S/C11H14Br2N2O3S/c12-7-4-9(13)11(10(14)5-7)19(17,18)15-3-1-2-8(15)6-16/h4-5,8,16H,1-3,6,14H2. The van der Waals surface area contributed by atoms with Crippen LogP contribution >= 0.6 is 31.9 Å². The van der Waals surface area contributed by atoms with E-state index in [0.717, 1.165) is 6.42 Å². The Morgan fingerprint density at radius 1 is 1.42 bits per heavy atom. The molecule has 0 bridgehead atoms. The van der Waals surface area contributed by atoms with Crippen LogP contribution < -0.4 is 5.73 Å². The van der Waals surface area contributed by atoms with Crippen LogP contribution in [0.1, 0.15) is 12.8 Å². The molecule has 1 atom stereocenters. The van der Waals surface area contributed by atoms with Gasteiger partial charge in [-0.2, -0.15) is 4.31 Å². The van der Waals surface area contributed by atoms with Crippen molar-refractivity contribution >= 4 is 47.6 Å². The Hall–Kier alpha value is -0.150. The molecular weight excluding hydrogens is 400 g/mol. The average Bonchev–Trinajstić information content (AvgIpc) is 2.75. The van der Waals surface area contributed by atoms with Gasteiger partial charge in [-0.1, -0.05) is 15.9 Å². The highest BCUT2D eigenvalue weighted by atomic mass is 79.9. The molecule has 0 radical (unpaired) electrons. The van der Waals surface area contributed by atoms with Crippen LogP contribution in [0.5, 0.6) is 0 Å². The van der Waals surface area contributed by atoms with Gasteiger partial charge in [-0.05, 0) is 40.9 Å². The zero-order valence-corrected chi connectivity index (χ0v) is 14.0. The maximum atomic E-state index is 12.6. The summed E-state index contributed by atoms with van der Waals surface area (Å²) in [6, 6.07) is 2.84. The van der Waals surface area contributed by atoms with E-state index >= 15 is 0 Å². The summed E-state index contributed by atoms with van der Waals surface area (Å²) in [5.41, 5.74) is 6.02. The van der Waals surface area contributed by atoms with Crippen LogP contribution in [0.3, 0.4) is 0 Å². The molecule has 1 unspecified atom stereocenters. The van der Waals surface area contributed by atoms with Gasteiger partial charge in [0.25, 0.3) is 0 Å². The number of hydrogen-bond acceptors (Lipinski definition) is 4. The Bertz CT molecular complexity index is 569. The summed E-state index contributed by atoms with van der Waals surface area (Å²) in [6.45, 7) is 0.239. The van der Waals surface area contributed by atoms with Gasteiger partial charge in [-0.25, -0.2) is 8.42 Å². The molecule has 106 valence electrons. The first-order chi connectivity index (χ1) is 8.87. The van der Waals surface area contributed by atoms with Crippen molar-refractivity contribution in [3.8, 4) is 0 Å². The average molecular weight is 414 g/mol. The third kappa shape index (κ3) is 2.82. The fourth-order valence-corrected chi connectivity index (χ4v) is 5.98. The summed E-state index contributed by atoms with van der Waals surface area (Å²) in [5, 5.41) is 9.27. The Labute approximate surface area is 129 Å². The second-order valence-corrected chi connectivity index (χ2v) is 8.00. The van der Waals surface area contributed by atoms with Crippen LogP contribution in [0.2, 0.25) is 0 Å². The maximum absolute atomic E-state index is 12.6. The second kappa shape index (κ2) is 5.69. The highest BCUT2D eigenvalue weighted by Crippen LogP contribution is 2.36. The van der Waals surface area contributed by atoms with Crippen molar-refractivity contribution in [2.24, 2.45) is 0 Å². The zero-order valence-electron chi connectivity index (χ0n) is 10.0. The second-order valence-electron chi connectivity index (χ2n) is 4.40. The van der Waals surface area contributed by atoms with E-state index in [0.29, 0.717) is 21.9 Å². The number of nitrogen functional groups attached to an aromatic ring is 1. The summed E-state index contributed by atoms with van der Waals surface area (Å²) in [6.07, 6.45) is 1.42. The molecular formula is C11H14Br2N2O3S. The van der Waals surface area contributed by atoms with E-state index in [9.17, 15) is 13.5 Å². The van der Waals surface area contributed by atoms with E-state index in [1.54, 1.807) is 12.1 Å². The molecule has 2 rings (SSSR count). The molecule has 0 saturated carbocycles. The van der Waals surface area contributed by atoms with Gasteiger partial charge in [0, 0.05) is 21.5 Å². The largest absolute Gasteiger partial charge is 0.398 e. The van der Waals surface area contributed by atoms with Gasteiger partial charge in [0.05, 0.1) is 12.3 Å². The number of nitrogens with zero attached hydrogens (tertiary/aromatic N) is 1. The Morgan fingerprint density at radius 2 is 2.11 bits per heavy atom. The molecule has 19 heavy (non-hydrogen) atoms. The van der Waals surface area contributed by atoms with Gasteiger partial charge in [0.2, 0.25) is 10.0 Å². The predicted molar refractivity (Wildman–Crippen MR) is 80.3 cm³/mol. The highest BCUT2D eigenvalue weighted by molar-refractivity contribution is 9.11. The van der Waals surface area contributed by atoms with Crippen molar-refractivity contribution in [1.29, 1.82) is 0 Å². The molecule has 1 fully saturated rings. The lowest BCUT2D eigenvalue weighted by Crippen LogP contribution is -2.38. The summed E-state index contributed by atoms with van der Waals surface area (Å²) < 4.78 is 27.7. The first-order valence-electron chi connectivity index (χ1n) is 5.75. The van der Waals surface area contributed by atoms with Crippen molar-refractivity contribution < 1.29 is 13.5 Å². The number of rotatable bonds is 3. The SMILES string of the molecule is Nc1cc(Br)cc(Br)c1S(=O)(=O)N1CCCC1CO. The monoisotopic (exact) mass is 412 g/mol. The van der Waals surface area contributed by atoms with Crippen molar-refractivity contribution in [3.63, 3.8) is 0 Å². The minimum absolute atomic E-state index is 0.0658. The number of sulfonamides is 1. The Morgan fingerprint density at radius 3 is 2.68 bits per heavy atom. The third-order valence-corrected chi connectivity index (χ3v) is 6.55. The maximum Gasteiger partial charge on any atom is 0.246 e. The molecule has 0 aromatic heterocycles. The van der Waals surface area contributed by atoms with Crippen molar-refractivity contribution in [2.45, 2.75) is 23.8 Å². The van der Waals surface area contributed by atoms with E-state index in [2.05, 4.69) is 31.9 Å². The summed E-state index contributed by atoms with van der Waals surface area (Å²) >= 11 is 6.51. The summed E-state index contributed by atoms with van der Waals surface area (Å²) in [7, 11) is -3.70. The van der Waals surface area contributed by atoms with E-state index in [-0.39, 0.29) is 23.2 Å². The van der Waals surface area contributed by atoms with Gasteiger partial charge < -0.3 is 10.8 Å². The van der Waals surface area contributed by atoms with E-state index in [4.69, 9.17) is 5.73 Å². The number of aliphatic hydroxyl groups is 1. The summed E-state index contributed by atoms with van der Waals surface area (Å²) in [4.78, 5) is 0.0658. The van der Waals surface area contributed by atoms with Gasteiger partial charge in [0.15, 0.2) is 0 Å². The van der Waals surface area contributed by atoms with Gasteiger partial charge in [-0.15, -0.1) is 0 Å². The van der Waals surface area contributed by atoms with Crippen molar-refractivity contribution in [2.75, 3.05) is 18.9 Å². The van der Waals surface area contributed by atoms with E-state index in [1.807, 2.05) is 0 Å². The van der Waals surface area contributed by atoms with Crippen LogP contribution in [-0.2, 0) is 10.0 Å². The molecule has 1 saturated heterocycles. The number of halogens is 2. The lowest BCUT2D eigenvalue weighted by molar-refractivity contribution is 0.213. The lowest BCUT2D eigenvalue weighted by atomic mass is 10.2. The van der Waals surface area contributed by atoms with Crippen LogP contribution in [0.4, 0.5) is 5.69 Å². The predicted octanol–water partition coefficient (Wildman–Crippen LogP) is 1.94. The van der Waals surface area contributed by atoms with Crippen LogP contribution in [0.15, 0.2) is 26.0 Å². The molecule has 1 aromatic rings. The van der Waals surface area contributed by atoms with E-state index < -0.39 is 10.0 Å². The normalized spacial score (nSPS) is 20.9. The number of benzene rings is 1. The van der Waals surface area contributed by atoms with Crippen LogP contribution in [0, 0.1) is 0 Å². The molecule has 0 spiro atoms. The Balaban J connectivity index is 2.51. The highest BCUT2D eigenvalue weighted by Gasteiger charge is 2.37. The van der Waals surface area contributed by atoms with Gasteiger partial charge >= 0.3 is 0 Å². The molecule has 5 nitrogen and oxygen atoms in total. The third-order valence-electron chi connectivity index (χ3n) is 3.14. The molecule has 0 amide bonds. The van der Waals surface area contributed by atoms with E-state index in [1.165, 1.54) is 4.31 Å². The van der Waals surface area contributed by atoms with Crippen LogP contribution in [0.25, 0.3) is 0 Å². The zero-order chi connectivity index (χ0) is 14.2. The molecule has 0 aliphatic carbocycles. The summed E-state index contributed by atoms with van der Waals surface area (Å²) in [5.74, 6) is 0. The van der Waals surface area contributed by atoms with Crippen LogP contribution in [-0.4, -0.2) is 37.0 Å². The molecule has 3 N–H and O–H groups in total. The minimum atomic E-state index is -3.70. The van der Waals surface area contributed by atoms with Crippen molar-refractivity contribution in [1.82, 2.24) is 4.31 Å². The first-order valence-corrected chi connectivity index (χ1v) is 8.77. The smallest absolute Gasteiger partial charge is 0.246 e. The molecule has 1 aliphatic rings. The molecule has 1 heterocycles. The van der Waals surface area contributed by atoms with Gasteiger partial charge in [0.1, 0.15) is 4.90 Å². The fourth-order valence-electron chi connectivity index (χ4n) is 2.28. The molecule has 8 heteroatoms. The number of anilines is 1. The number of hydrogen-bond donors (Lipinski definition) is 2. The van der Waals surface area contributed by atoms with Crippen molar-refractivity contribution in [3.05, 3.63) is 21.1 Å². The number of nitrogens with two attached hydrogens (primary N) is 1. The topological polar surface area (TPSA) is 83.6 Å². The quantitative estimate of drug-likeness (QED) is 0.741. The van der Waals surface area contributed by atoms with Gasteiger partial charge in [-0.3, -0.25) is 0 Å². The minimum Gasteiger partial charge on any atom is -0.398 e. The first kappa shape index (κ1) is 15.2. The number of aliphatic hydroxyl groups excluding tert-OH is 1. The molecule has 1 aromatic carbocycles.